The van der Waals surface area contributed by atoms with Crippen LogP contribution in [-0.2, 0) is 4.74 Å². The van der Waals surface area contributed by atoms with Crippen LogP contribution in [0.3, 0.4) is 0 Å². The van der Waals surface area contributed by atoms with Crippen molar-refractivity contribution in [3.8, 4) is 0 Å². The van der Waals surface area contributed by atoms with E-state index in [1.807, 2.05) is 0 Å². The highest BCUT2D eigenvalue weighted by molar-refractivity contribution is 9.09. The Balaban J connectivity index is 1.80. The highest BCUT2D eigenvalue weighted by Gasteiger charge is 2.36. The number of hydrogen-bond acceptors (Lipinski definition) is 1. The van der Waals surface area contributed by atoms with Gasteiger partial charge in [-0.25, -0.2) is 0 Å². The minimum absolute atomic E-state index is 0.161. The van der Waals surface area contributed by atoms with Crippen molar-refractivity contribution in [1.82, 2.24) is 0 Å². The molecule has 0 saturated heterocycles. The molecule has 1 nitrogen and oxygen atoms in total. The molecule has 2 rings (SSSR count). The molecule has 0 amide bonds. The summed E-state index contributed by atoms with van der Waals surface area (Å²) in [4.78, 5) is 0. The van der Waals surface area contributed by atoms with Gasteiger partial charge in [-0.1, -0.05) is 42.6 Å². The van der Waals surface area contributed by atoms with E-state index in [9.17, 15) is 0 Å². The Hall–Kier alpha value is 0.440. The number of ether oxygens (including phenoxy) is 1. The van der Waals surface area contributed by atoms with Gasteiger partial charge in [0.15, 0.2) is 0 Å². The van der Waals surface area contributed by atoms with Crippen LogP contribution in [0.2, 0.25) is 0 Å². The maximum Gasteiger partial charge on any atom is 0.0779 e. The third-order valence-electron chi connectivity index (χ3n) is 5.23. The Morgan fingerprint density at radius 1 is 1.11 bits per heavy atom. The molecule has 2 heteroatoms. The minimum Gasteiger partial charge on any atom is -0.374 e. The van der Waals surface area contributed by atoms with Crippen LogP contribution in [0.15, 0.2) is 0 Å². The first-order valence-corrected chi connectivity index (χ1v) is 8.97. The summed E-state index contributed by atoms with van der Waals surface area (Å²) in [6.07, 6.45) is 10.9. The molecule has 0 aromatic heterocycles. The van der Waals surface area contributed by atoms with Gasteiger partial charge < -0.3 is 4.74 Å². The monoisotopic (exact) mass is 316 g/mol. The van der Waals surface area contributed by atoms with Crippen molar-refractivity contribution in [2.24, 2.45) is 17.8 Å². The van der Waals surface area contributed by atoms with Gasteiger partial charge >= 0.3 is 0 Å². The Kier molecular flexibility index (Phi) is 5.56. The third kappa shape index (κ3) is 3.72. The van der Waals surface area contributed by atoms with Gasteiger partial charge in [-0.3, -0.25) is 0 Å². The van der Waals surface area contributed by atoms with E-state index in [1.54, 1.807) is 0 Å². The number of rotatable bonds is 5. The molecule has 0 aromatic carbocycles. The van der Waals surface area contributed by atoms with Gasteiger partial charge in [-0.2, -0.15) is 0 Å². The van der Waals surface area contributed by atoms with Crippen molar-refractivity contribution in [3.63, 3.8) is 0 Å². The maximum atomic E-state index is 6.38. The molecule has 0 spiro atoms. The van der Waals surface area contributed by atoms with Gasteiger partial charge in [0.05, 0.1) is 12.2 Å². The predicted octanol–water partition coefficient (Wildman–Crippen LogP) is 5.17. The van der Waals surface area contributed by atoms with Crippen molar-refractivity contribution < 1.29 is 4.74 Å². The fraction of sp³-hybridized carbons (Fsp3) is 1.00. The molecule has 2 fully saturated rings. The number of hydrogen-bond donors (Lipinski definition) is 0. The number of halogens is 1. The van der Waals surface area contributed by atoms with Gasteiger partial charge in [-0.05, 0) is 56.3 Å². The second kappa shape index (κ2) is 6.74. The average Bonchev–Trinajstić information content (AvgIpc) is 2.90. The largest absolute Gasteiger partial charge is 0.374 e. The first kappa shape index (κ1) is 14.8. The summed E-state index contributed by atoms with van der Waals surface area (Å²) in [7, 11) is 0. The first-order valence-electron chi connectivity index (χ1n) is 7.85. The smallest absolute Gasteiger partial charge is 0.0779 e. The summed E-state index contributed by atoms with van der Waals surface area (Å²) >= 11 is 3.71. The van der Waals surface area contributed by atoms with Crippen LogP contribution in [0.25, 0.3) is 0 Å². The van der Waals surface area contributed by atoms with Crippen LogP contribution in [0.4, 0.5) is 0 Å². The van der Waals surface area contributed by atoms with Crippen molar-refractivity contribution >= 4 is 15.9 Å². The zero-order valence-corrected chi connectivity index (χ0v) is 13.7. The lowest BCUT2D eigenvalue weighted by molar-refractivity contribution is -0.0757. The van der Waals surface area contributed by atoms with Gasteiger partial charge in [0.1, 0.15) is 0 Å². The minimum atomic E-state index is 0.161. The highest BCUT2D eigenvalue weighted by atomic mass is 79.9. The molecule has 0 unspecified atom stereocenters. The fourth-order valence-corrected chi connectivity index (χ4v) is 4.34. The summed E-state index contributed by atoms with van der Waals surface area (Å²) in [5.41, 5.74) is 0.161. The van der Waals surface area contributed by atoms with Crippen LogP contribution >= 0.6 is 15.9 Å². The second-order valence-electron chi connectivity index (χ2n) is 6.86. The Labute approximate surface area is 121 Å². The molecular weight excluding hydrogens is 288 g/mol. The quantitative estimate of drug-likeness (QED) is 0.635. The Bertz CT molecular complexity index is 237. The molecule has 18 heavy (non-hydrogen) atoms. The van der Waals surface area contributed by atoms with E-state index in [2.05, 4.69) is 29.8 Å². The van der Waals surface area contributed by atoms with Crippen LogP contribution in [0, 0.1) is 17.8 Å². The average molecular weight is 317 g/mol. The Morgan fingerprint density at radius 2 is 1.72 bits per heavy atom. The lowest BCUT2D eigenvalue weighted by atomic mass is 9.75. The molecule has 0 aliphatic heterocycles. The SMILES string of the molecule is CC(C)C1CCC(CBr)(OCC2CCCC2)CC1. The van der Waals surface area contributed by atoms with E-state index >= 15 is 0 Å². The zero-order chi connectivity index (χ0) is 13.0. The van der Waals surface area contributed by atoms with Gasteiger partial charge in [0.2, 0.25) is 0 Å². The molecule has 2 aliphatic carbocycles. The van der Waals surface area contributed by atoms with E-state index in [0.717, 1.165) is 29.7 Å². The summed E-state index contributed by atoms with van der Waals surface area (Å²) in [6.45, 7) is 5.74. The second-order valence-corrected chi connectivity index (χ2v) is 7.42. The Morgan fingerprint density at radius 3 is 2.22 bits per heavy atom. The van der Waals surface area contributed by atoms with E-state index in [1.165, 1.54) is 51.4 Å². The van der Waals surface area contributed by atoms with Crippen LogP contribution < -0.4 is 0 Å². The molecule has 0 aromatic rings. The maximum absolute atomic E-state index is 6.38. The third-order valence-corrected chi connectivity index (χ3v) is 6.25. The summed E-state index contributed by atoms with van der Waals surface area (Å²) in [6, 6.07) is 0. The predicted molar refractivity (Wildman–Crippen MR) is 81.2 cm³/mol. The topological polar surface area (TPSA) is 9.23 Å². The van der Waals surface area contributed by atoms with E-state index in [4.69, 9.17) is 4.74 Å². The van der Waals surface area contributed by atoms with Crippen molar-refractivity contribution in [2.75, 3.05) is 11.9 Å². The van der Waals surface area contributed by atoms with Gasteiger partial charge in [0, 0.05) is 5.33 Å². The van der Waals surface area contributed by atoms with E-state index < -0.39 is 0 Å². The lowest BCUT2D eigenvalue weighted by Crippen LogP contribution is -2.40. The number of alkyl halides is 1. The molecule has 0 N–H and O–H groups in total. The van der Waals surface area contributed by atoms with Gasteiger partial charge in [0.25, 0.3) is 0 Å². The molecular formula is C16H29BrO. The van der Waals surface area contributed by atoms with Crippen LogP contribution in [0.5, 0.6) is 0 Å². The van der Waals surface area contributed by atoms with Crippen LogP contribution in [-0.4, -0.2) is 17.5 Å². The van der Waals surface area contributed by atoms with Crippen molar-refractivity contribution in [1.29, 1.82) is 0 Å². The normalized spacial score (nSPS) is 34.3. The van der Waals surface area contributed by atoms with Crippen molar-refractivity contribution in [2.45, 2.75) is 70.8 Å². The van der Waals surface area contributed by atoms with Crippen molar-refractivity contribution in [3.05, 3.63) is 0 Å². The van der Waals surface area contributed by atoms with E-state index in [0.29, 0.717) is 0 Å². The molecule has 2 saturated carbocycles. The molecule has 0 radical (unpaired) electrons. The molecule has 106 valence electrons. The van der Waals surface area contributed by atoms with Gasteiger partial charge in [-0.15, -0.1) is 0 Å². The molecule has 2 aliphatic rings. The molecule has 0 bridgehead atoms. The van der Waals surface area contributed by atoms with Crippen LogP contribution in [0.1, 0.15) is 65.2 Å². The highest BCUT2D eigenvalue weighted by Crippen LogP contribution is 2.40. The zero-order valence-electron chi connectivity index (χ0n) is 12.1. The van der Waals surface area contributed by atoms with E-state index in [-0.39, 0.29) is 5.60 Å². The summed E-state index contributed by atoms with van der Waals surface area (Å²) < 4.78 is 6.38. The fourth-order valence-electron chi connectivity index (χ4n) is 3.62. The molecule has 0 heterocycles. The lowest BCUT2D eigenvalue weighted by Gasteiger charge is -2.40. The first-order chi connectivity index (χ1) is 8.65. The summed E-state index contributed by atoms with van der Waals surface area (Å²) in [5.74, 6) is 2.61. The summed E-state index contributed by atoms with van der Waals surface area (Å²) in [5, 5.41) is 1.03. The standard InChI is InChI=1S/C16H29BrO/c1-13(2)15-7-9-16(12-17,10-8-15)18-11-14-5-3-4-6-14/h13-15H,3-12H2,1-2H3. The molecule has 0 atom stereocenters.